The molecule has 2 aromatic heterocycles. The first-order chi connectivity index (χ1) is 14.6. The highest BCUT2D eigenvalue weighted by Crippen LogP contribution is 2.26. The number of carbonyl (C=O) groups is 2. The molecule has 0 amide bonds. The lowest BCUT2D eigenvalue weighted by Gasteiger charge is -2.09. The molecule has 1 N–H and O–H groups in total. The molecule has 3 aromatic carbocycles. The van der Waals surface area contributed by atoms with Crippen molar-refractivity contribution in [1.82, 2.24) is 9.38 Å². The van der Waals surface area contributed by atoms with E-state index in [1.54, 1.807) is 59.1 Å². The van der Waals surface area contributed by atoms with Crippen LogP contribution in [0.1, 0.15) is 31.8 Å². The summed E-state index contributed by atoms with van der Waals surface area (Å²) in [6.07, 6.45) is 1.67. The van der Waals surface area contributed by atoms with Crippen LogP contribution in [0.3, 0.4) is 0 Å². The van der Waals surface area contributed by atoms with E-state index in [2.05, 4.69) is 4.98 Å². The summed E-state index contributed by atoms with van der Waals surface area (Å²) in [6.45, 7) is 0. The van der Waals surface area contributed by atoms with E-state index in [-0.39, 0.29) is 22.9 Å². The van der Waals surface area contributed by atoms with Crippen LogP contribution in [0.5, 0.6) is 5.75 Å². The molecule has 5 heteroatoms. The molecule has 2 heterocycles. The van der Waals surface area contributed by atoms with Crippen LogP contribution >= 0.6 is 0 Å². The van der Waals surface area contributed by atoms with Crippen LogP contribution in [0.4, 0.5) is 0 Å². The fourth-order valence-corrected chi connectivity index (χ4v) is 3.62. The quantitative estimate of drug-likeness (QED) is 0.452. The van der Waals surface area contributed by atoms with E-state index in [1.165, 1.54) is 6.07 Å². The zero-order chi connectivity index (χ0) is 20.7. The molecular weight excluding hydrogens is 376 g/mol. The fraction of sp³-hybridized carbons (Fsp3) is 0. The minimum atomic E-state index is -0.366. The zero-order valence-corrected chi connectivity index (χ0v) is 15.8. The number of rotatable bonds is 4. The first-order valence-corrected chi connectivity index (χ1v) is 9.47. The molecule has 0 bridgehead atoms. The minimum absolute atomic E-state index is 0.103. The van der Waals surface area contributed by atoms with Gasteiger partial charge in [-0.2, -0.15) is 0 Å². The van der Waals surface area contributed by atoms with Gasteiger partial charge in [0.15, 0.2) is 11.6 Å². The van der Waals surface area contributed by atoms with Crippen molar-refractivity contribution in [1.29, 1.82) is 0 Å². The molecule has 0 aliphatic heterocycles. The molecule has 0 radical (unpaired) electrons. The predicted octanol–water partition coefficient (Wildman–Crippen LogP) is 4.66. The summed E-state index contributed by atoms with van der Waals surface area (Å²) in [5.74, 6) is -0.688. The normalized spacial score (nSPS) is 11.1. The summed E-state index contributed by atoms with van der Waals surface area (Å²) in [7, 11) is 0. The summed E-state index contributed by atoms with van der Waals surface area (Å²) in [4.78, 5) is 31.1. The van der Waals surface area contributed by atoms with Crippen molar-refractivity contribution in [2.45, 2.75) is 0 Å². The zero-order valence-electron chi connectivity index (χ0n) is 15.8. The van der Waals surface area contributed by atoms with Crippen molar-refractivity contribution in [3.05, 3.63) is 113 Å². The third kappa shape index (κ3) is 2.84. The highest BCUT2D eigenvalue weighted by molar-refractivity contribution is 6.16. The topological polar surface area (TPSA) is 71.7 Å². The van der Waals surface area contributed by atoms with Crippen LogP contribution in [0, 0.1) is 0 Å². The smallest absolute Gasteiger partial charge is 0.198 e. The van der Waals surface area contributed by atoms with E-state index in [0.717, 1.165) is 11.0 Å². The van der Waals surface area contributed by atoms with Crippen molar-refractivity contribution in [2.24, 2.45) is 0 Å². The summed E-state index contributed by atoms with van der Waals surface area (Å²) >= 11 is 0. The number of phenols is 1. The molecule has 0 aliphatic rings. The average Bonchev–Trinajstić information content (AvgIpc) is 3.17. The Balaban J connectivity index is 1.79. The van der Waals surface area contributed by atoms with Gasteiger partial charge in [0.05, 0.1) is 22.2 Å². The number of para-hydroxylation sites is 3. The van der Waals surface area contributed by atoms with Gasteiger partial charge in [-0.15, -0.1) is 0 Å². The van der Waals surface area contributed by atoms with Gasteiger partial charge in [0.1, 0.15) is 11.4 Å². The Labute approximate surface area is 171 Å². The highest BCUT2D eigenvalue weighted by Gasteiger charge is 2.21. The number of hydrogen-bond donors (Lipinski definition) is 1. The van der Waals surface area contributed by atoms with Crippen LogP contribution in [0.25, 0.3) is 16.7 Å². The molecule has 0 spiro atoms. The number of nitrogens with zero attached hydrogens (tertiary/aromatic N) is 2. The van der Waals surface area contributed by atoms with Crippen LogP contribution < -0.4 is 0 Å². The van der Waals surface area contributed by atoms with E-state index in [1.807, 2.05) is 30.3 Å². The Kier molecular flexibility index (Phi) is 4.14. The molecule has 30 heavy (non-hydrogen) atoms. The Morgan fingerprint density at radius 1 is 0.733 bits per heavy atom. The number of hydrogen-bond acceptors (Lipinski definition) is 4. The van der Waals surface area contributed by atoms with E-state index in [0.29, 0.717) is 22.3 Å². The van der Waals surface area contributed by atoms with Gasteiger partial charge >= 0.3 is 0 Å². The summed E-state index contributed by atoms with van der Waals surface area (Å²) in [5, 5.41) is 10.1. The number of ketones is 2. The molecule has 0 aliphatic carbocycles. The maximum Gasteiger partial charge on any atom is 0.198 e. The first-order valence-electron chi connectivity index (χ1n) is 9.47. The van der Waals surface area contributed by atoms with Gasteiger partial charge in [0.2, 0.25) is 0 Å². The van der Waals surface area contributed by atoms with Crippen LogP contribution in [0.15, 0.2) is 91.1 Å². The summed E-state index contributed by atoms with van der Waals surface area (Å²) in [5.41, 5.74) is 3.33. The monoisotopic (exact) mass is 392 g/mol. The van der Waals surface area contributed by atoms with E-state index in [9.17, 15) is 14.7 Å². The van der Waals surface area contributed by atoms with Gasteiger partial charge < -0.3 is 5.11 Å². The maximum atomic E-state index is 13.3. The number of imidazole rings is 1. The van der Waals surface area contributed by atoms with Gasteiger partial charge in [0.25, 0.3) is 0 Å². The van der Waals surface area contributed by atoms with E-state index in [4.69, 9.17) is 0 Å². The molecule has 0 saturated carbocycles. The number of pyridine rings is 1. The standard InChI is InChI=1S/C25H16N2O3/c28-22-13-7-4-10-18(22)24(30)17-14-19(23(29)16-8-2-1-3-9-16)25-26-20-11-5-6-12-21(20)27(25)15-17/h1-15,28H. The molecule has 0 atom stereocenters. The third-order valence-electron chi connectivity index (χ3n) is 5.10. The number of aromatic nitrogens is 2. The second-order valence-corrected chi connectivity index (χ2v) is 6.98. The van der Waals surface area contributed by atoms with Crippen LogP contribution in [-0.2, 0) is 0 Å². The minimum Gasteiger partial charge on any atom is -0.507 e. The lowest BCUT2D eigenvalue weighted by atomic mass is 9.99. The van der Waals surface area contributed by atoms with Gasteiger partial charge in [-0.3, -0.25) is 14.0 Å². The van der Waals surface area contributed by atoms with Gasteiger partial charge in [-0.25, -0.2) is 4.98 Å². The molecule has 144 valence electrons. The largest absolute Gasteiger partial charge is 0.507 e. The number of fused-ring (bicyclic) bond motifs is 3. The predicted molar refractivity (Wildman–Crippen MR) is 114 cm³/mol. The van der Waals surface area contributed by atoms with Crippen molar-refractivity contribution >= 4 is 28.2 Å². The van der Waals surface area contributed by atoms with E-state index < -0.39 is 0 Å². The van der Waals surface area contributed by atoms with Crippen molar-refractivity contribution in [3.8, 4) is 5.75 Å². The molecular formula is C25H16N2O3. The molecule has 0 unspecified atom stereocenters. The summed E-state index contributed by atoms with van der Waals surface area (Å²) in [6, 6.07) is 24.3. The Hall–Kier alpha value is -4.25. The van der Waals surface area contributed by atoms with Crippen molar-refractivity contribution in [2.75, 3.05) is 0 Å². The number of aromatic hydroxyl groups is 1. The van der Waals surface area contributed by atoms with Gasteiger partial charge in [0, 0.05) is 17.3 Å². The van der Waals surface area contributed by atoms with Crippen molar-refractivity contribution < 1.29 is 14.7 Å². The van der Waals surface area contributed by atoms with Gasteiger partial charge in [-0.1, -0.05) is 54.6 Å². The summed E-state index contributed by atoms with van der Waals surface area (Å²) < 4.78 is 1.76. The van der Waals surface area contributed by atoms with Crippen molar-refractivity contribution in [3.63, 3.8) is 0 Å². The molecule has 5 nitrogen and oxygen atoms in total. The molecule has 0 saturated heterocycles. The number of phenolic OH excluding ortho intramolecular Hbond substituents is 1. The second-order valence-electron chi connectivity index (χ2n) is 6.98. The molecule has 5 aromatic rings. The second kappa shape index (κ2) is 6.97. The molecule has 0 fully saturated rings. The molecule has 5 rings (SSSR count). The average molecular weight is 392 g/mol. The lowest BCUT2D eigenvalue weighted by Crippen LogP contribution is -2.09. The van der Waals surface area contributed by atoms with E-state index >= 15 is 0 Å². The Bertz CT molecular complexity index is 1440. The number of benzene rings is 3. The maximum absolute atomic E-state index is 13.3. The number of carbonyl (C=O) groups excluding carboxylic acids is 2. The van der Waals surface area contributed by atoms with Crippen LogP contribution in [0.2, 0.25) is 0 Å². The highest BCUT2D eigenvalue weighted by atomic mass is 16.3. The first kappa shape index (κ1) is 17.8. The Morgan fingerprint density at radius 3 is 2.20 bits per heavy atom. The van der Waals surface area contributed by atoms with Gasteiger partial charge in [-0.05, 0) is 30.3 Å². The fourth-order valence-electron chi connectivity index (χ4n) is 3.62. The lowest BCUT2D eigenvalue weighted by molar-refractivity contribution is 0.103. The van der Waals surface area contributed by atoms with Crippen LogP contribution in [-0.4, -0.2) is 26.1 Å². The SMILES string of the molecule is O=C(c1cc(C(=O)c2ccccc2)c2nc3ccccc3n2c1)c1ccccc1O. The Morgan fingerprint density at radius 2 is 1.40 bits per heavy atom. The third-order valence-corrected chi connectivity index (χ3v) is 5.10.